The van der Waals surface area contributed by atoms with Crippen molar-refractivity contribution in [3.05, 3.63) is 36.5 Å². The van der Waals surface area contributed by atoms with Crippen molar-refractivity contribution in [2.45, 2.75) is 342 Å². The van der Waals surface area contributed by atoms with Gasteiger partial charge in [0.05, 0.1) is 0 Å². The maximum absolute atomic E-state index is 13.5. The SMILES string of the molecule is CCC=CCC=CCC=CCCCCCC(CCC(=O)CCCCCCCCCCCCCCCCCCCCC)C(=O)CCCCCCCCCCCCCCCCCCCCC. The number of hydrogen-bond acceptors (Lipinski definition) is 2. The average Bonchev–Trinajstić information content (AvgIpc) is 3.30. The molecular formula is C62H116O2. The molecule has 1 unspecified atom stereocenters. The second kappa shape index (κ2) is 55.9. The lowest BCUT2D eigenvalue weighted by atomic mass is 9.88. The lowest BCUT2D eigenvalue weighted by molar-refractivity contribution is -0.124. The first-order valence-corrected chi connectivity index (χ1v) is 29.6. The van der Waals surface area contributed by atoms with Gasteiger partial charge in [0.15, 0.2) is 0 Å². The number of allylic oxidation sites excluding steroid dienone is 6. The van der Waals surface area contributed by atoms with Gasteiger partial charge < -0.3 is 0 Å². The Kier molecular flexibility index (Phi) is 54.6. The molecule has 0 aliphatic rings. The fourth-order valence-electron chi connectivity index (χ4n) is 9.57. The highest BCUT2D eigenvalue weighted by atomic mass is 16.1. The number of carbonyl (C=O) groups excluding carboxylic acids is 2. The molecule has 0 spiro atoms. The maximum Gasteiger partial charge on any atom is 0.135 e. The summed E-state index contributed by atoms with van der Waals surface area (Å²) in [6, 6.07) is 0. The predicted molar refractivity (Wildman–Crippen MR) is 289 cm³/mol. The Morgan fingerprint density at radius 2 is 0.609 bits per heavy atom. The fourth-order valence-corrected chi connectivity index (χ4v) is 9.57. The average molecular weight is 894 g/mol. The van der Waals surface area contributed by atoms with Gasteiger partial charge in [0.2, 0.25) is 0 Å². The Labute approximate surface area is 403 Å². The van der Waals surface area contributed by atoms with Crippen LogP contribution in [0.25, 0.3) is 0 Å². The molecule has 0 N–H and O–H groups in total. The van der Waals surface area contributed by atoms with Gasteiger partial charge in [-0.25, -0.2) is 0 Å². The van der Waals surface area contributed by atoms with Crippen LogP contribution < -0.4 is 0 Å². The summed E-state index contributed by atoms with van der Waals surface area (Å²) in [6.07, 6.45) is 77.5. The molecule has 0 amide bonds. The van der Waals surface area contributed by atoms with Gasteiger partial charge in [-0.05, 0) is 57.8 Å². The molecule has 0 aromatic heterocycles. The highest BCUT2D eigenvalue weighted by Gasteiger charge is 2.19. The van der Waals surface area contributed by atoms with Gasteiger partial charge in [-0.2, -0.15) is 0 Å². The van der Waals surface area contributed by atoms with Crippen LogP contribution in [-0.2, 0) is 9.59 Å². The van der Waals surface area contributed by atoms with Crippen molar-refractivity contribution in [1.29, 1.82) is 0 Å². The minimum absolute atomic E-state index is 0.0899. The van der Waals surface area contributed by atoms with Gasteiger partial charge in [-0.1, -0.05) is 301 Å². The summed E-state index contributed by atoms with van der Waals surface area (Å²) in [4.78, 5) is 26.5. The summed E-state index contributed by atoms with van der Waals surface area (Å²) >= 11 is 0. The van der Waals surface area contributed by atoms with Crippen LogP contribution >= 0.6 is 0 Å². The third kappa shape index (κ3) is 51.5. The molecule has 2 nitrogen and oxygen atoms in total. The van der Waals surface area contributed by atoms with Crippen molar-refractivity contribution >= 4 is 11.6 Å². The highest BCUT2D eigenvalue weighted by Crippen LogP contribution is 2.23. The van der Waals surface area contributed by atoms with Crippen LogP contribution in [0.3, 0.4) is 0 Å². The minimum atomic E-state index is 0.0899. The van der Waals surface area contributed by atoms with Crippen LogP contribution in [0, 0.1) is 5.92 Å². The van der Waals surface area contributed by atoms with Gasteiger partial charge in [-0.15, -0.1) is 0 Å². The normalized spacial score (nSPS) is 12.5. The summed E-state index contributed by atoms with van der Waals surface area (Å²) in [6.45, 7) is 6.78. The second-order valence-electron chi connectivity index (χ2n) is 20.4. The predicted octanol–water partition coefficient (Wildman–Crippen LogP) is 22.0. The fraction of sp³-hybridized carbons (Fsp3) is 0.871. The Hall–Kier alpha value is -1.44. The number of carbonyl (C=O) groups is 2. The first kappa shape index (κ1) is 62.6. The molecule has 0 heterocycles. The lowest BCUT2D eigenvalue weighted by Crippen LogP contribution is -2.16. The standard InChI is InChI=1S/C62H116O2/c1-4-7-10-13-16-19-22-25-27-29-31-33-35-38-41-44-47-50-53-56-61(63)59-58-60(55-52-49-46-43-40-37-24-21-18-15-12-9-6-3)62(64)57-54-51-48-45-42-39-36-34-32-30-28-26-23-20-17-14-11-8-5-2/h9,12,18,21,37,40,60H,4-8,10-11,13-17,19-20,22-36,38-39,41-59H2,1-3H3. The summed E-state index contributed by atoms with van der Waals surface area (Å²) in [5.74, 6) is 0.935. The van der Waals surface area contributed by atoms with E-state index in [4.69, 9.17) is 0 Å². The van der Waals surface area contributed by atoms with Crippen LogP contribution in [0.2, 0.25) is 0 Å². The molecule has 2 heteroatoms. The summed E-state index contributed by atoms with van der Waals surface area (Å²) in [7, 11) is 0. The van der Waals surface area contributed by atoms with Crippen LogP contribution in [-0.4, -0.2) is 11.6 Å². The molecule has 64 heavy (non-hydrogen) atoms. The van der Waals surface area contributed by atoms with Gasteiger partial charge in [0.1, 0.15) is 11.6 Å². The molecule has 0 aromatic carbocycles. The highest BCUT2D eigenvalue weighted by molar-refractivity contribution is 5.83. The number of rotatable bonds is 55. The molecule has 0 saturated heterocycles. The maximum atomic E-state index is 13.5. The Morgan fingerprint density at radius 1 is 0.297 bits per heavy atom. The first-order valence-electron chi connectivity index (χ1n) is 29.6. The van der Waals surface area contributed by atoms with Crippen molar-refractivity contribution in [2.75, 3.05) is 0 Å². The zero-order valence-corrected chi connectivity index (χ0v) is 44.2. The topological polar surface area (TPSA) is 34.1 Å². The third-order valence-electron chi connectivity index (χ3n) is 14.0. The van der Waals surface area contributed by atoms with E-state index < -0.39 is 0 Å². The largest absolute Gasteiger partial charge is 0.300 e. The Morgan fingerprint density at radius 3 is 0.984 bits per heavy atom. The summed E-state index contributed by atoms with van der Waals surface area (Å²) < 4.78 is 0. The molecule has 0 radical (unpaired) electrons. The molecule has 1 atom stereocenters. The van der Waals surface area contributed by atoms with Crippen LogP contribution in [0.1, 0.15) is 342 Å². The van der Waals surface area contributed by atoms with Crippen molar-refractivity contribution < 1.29 is 9.59 Å². The van der Waals surface area contributed by atoms with Gasteiger partial charge in [-0.3, -0.25) is 9.59 Å². The monoisotopic (exact) mass is 893 g/mol. The van der Waals surface area contributed by atoms with Crippen LogP contribution in [0.15, 0.2) is 36.5 Å². The van der Waals surface area contributed by atoms with Crippen molar-refractivity contribution in [1.82, 2.24) is 0 Å². The molecular weight excluding hydrogens is 777 g/mol. The van der Waals surface area contributed by atoms with Crippen LogP contribution in [0.5, 0.6) is 0 Å². The van der Waals surface area contributed by atoms with E-state index in [2.05, 4.69) is 57.2 Å². The van der Waals surface area contributed by atoms with E-state index in [-0.39, 0.29) is 5.92 Å². The Bertz CT molecular complexity index is 1000. The minimum Gasteiger partial charge on any atom is -0.300 e. The van der Waals surface area contributed by atoms with Gasteiger partial charge in [0.25, 0.3) is 0 Å². The summed E-state index contributed by atoms with van der Waals surface area (Å²) in [5.41, 5.74) is 0. The van der Waals surface area contributed by atoms with E-state index in [0.29, 0.717) is 18.0 Å². The summed E-state index contributed by atoms with van der Waals surface area (Å²) in [5, 5.41) is 0. The van der Waals surface area contributed by atoms with Crippen molar-refractivity contribution in [3.8, 4) is 0 Å². The smallest absolute Gasteiger partial charge is 0.135 e. The van der Waals surface area contributed by atoms with E-state index in [1.54, 1.807) is 0 Å². The number of hydrogen-bond donors (Lipinski definition) is 0. The molecule has 376 valence electrons. The molecule has 0 fully saturated rings. The zero-order valence-electron chi connectivity index (χ0n) is 44.2. The van der Waals surface area contributed by atoms with Crippen molar-refractivity contribution in [2.24, 2.45) is 5.92 Å². The third-order valence-corrected chi connectivity index (χ3v) is 14.0. The van der Waals surface area contributed by atoms with E-state index in [1.807, 2.05) is 0 Å². The number of Topliss-reactive ketones (excluding diaryl/α,β-unsaturated/α-hetero) is 2. The second-order valence-corrected chi connectivity index (χ2v) is 20.4. The molecule has 0 rings (SSSR count). The molecule has 0 saturated carbocycles. The van der Waals surface area contributed by atoms with Crippen LogP contribution in [0.4, 0.5) is 0 Å². The molecule has 0 aliphatic heterocycles. The quantitative estimate of drug-likeness (QED) is 0.0450. The zero-order chi connectivity index (χ0) is 46.3. The van der Waals surface area contributed by atoms with E-state index in [9.17, 15) is 9.59 Å². The number of unbranched alkanes of at least 4 members (excludes halogenated alkanes) is 39. The van der Waals surface area contributed by atoms with Crippen molar-refractivity contribution in [3.63, 3.8) is 0 Å². The first-order chi connectivity index (χ1) is 31.7. The van der Waals surface area contributed by atoms with Gasteiger partial charge in [0, 0.05) is 25.2 Å². The molecule has 0 aliphatic carbocycles. The van der Waals surface area contributed by atoms with E-state index >= 15 is 0 Å². The Balaban J connectivity index is 4.18. The molecule has 0 aromatic rings. The molecule has 0 bridgehead atoms. The lowest BCUT2D eigenvalue weighted by Gasteiger charge is -2.16. The van der Waals surface area contributed by atoms with Gasteiger partial charge >= 0.3 is 0 Å². The van der Waals surface area contributed by atoms with E-state index in [0.717, 1.165) is 70.6 Å². The number of ketones is 2. The van der Waals surface area contributed by atoms with E-state index in [1.165, 1.54) is 244 Å².